The summed E-state index contributed by atoms with van der Waals surface area (Å²) in [5, 5.41) is 4.33. The third kappa shape index (κ3) is 4.09. The zero-order chi connectivity index (χ0) is 19.6. The summed E-state index contributed by atoms with van der Waals surface area (Å²) in [5.74, 6) is -0.950. The second-order valence-electron chi connectivity index (χ2n) is 6.24. The van der Waals surface area contributed by atoms with Crippen LogP contribution in [0.4, 0.5) is 0 Å². The number of amides is 1. The van der Waals surface area contributed by atoms with Gasteiger partial charge in [-0.15, -0.1) is 22.7 Å². The number of carbonyl (C=O) groups is 2. The number of fused-ring (bicyclic) bond motifs is 1. The quantitative estimate of drug-likeness (QED) is 0.589. The summed E-state index contributed by atoms with van der Waals surface area (Å²) >= 11 is 2.93. The minimum Gasteiger partial charge on any atom is -0.454 e. The standard InChI is InChI=1S/C18H19N3O4S2/c1-11(2)20(3)14(22)8-25-15(23)7-21-10-19-17-16(18(21)24)12(9-27-17)13-5-4-6-26-13/h4-6,9-11H,7-8H2,1-3H3. The molecule has 0 N–H and O–H groups in total. The van der Waals surface area contributed by atoms with E-state index in [-0.39, 0.29) is 30.7 Å². The van der Waals surface area contributed by atoms with E-state index in [1.54, 1.807) is 7.05 Å². The maximum absolute atomic E-state index is 12.8. The van der Waals surface area contributed by atoms with E-state index < -0.39 is 5.97 Å². The molecule has 0 bridgehead atoms. The van der Waals surface area contributed by atoms with Crippen LogP contribution in [-0.2, 0) is 20.9 Å². The molecule has 3 aromatic heterocycles. The van der Waals surface area contributed by atoms with E-state index in [0.29, 0.717) is 10.2 Å². The summed E-state index contributed by atoms with van der Waals surface area (Å²) < 4.78 is 6.23. The van der Waals surface area contributed by atoms with Crippen molar-refractivity contribution in [3.05, 3.63) is 39.6 Å². The highest BCUT2D eigenvalue weighted by atomic mass is 32.1. The van der Waals surface area contributed by atoms with Crippen LogP contribution in [0.3, 0.4) is 0 Å². The average molecular weight is 406 g/mol. The van der Waals surface area contributed by atoms with Crippen LogP contribution in [0, 0.1) is 0 Å². The Morgan fingerprint density at radius 2 is 2.11 bits per heavy atom. The van der Waals surface area contributed by atoms with Gasteiger partial charge < -0.3 is 9.64 Å². The summed E-state index contributed by atoms with van der Waals surface area (Å²) in [6, 6.07) is 3.87. The number of nitrogens with zero attached hydrogens (tertiary/aromatic N) is 3. The second-order valence-corrected chi connectivity index (χ2v) is 8.05. The summed E-state index contributed by atoms with van der Waals surface area (Å²) in [6.07, 6.45) is 1.34. The van der Waals surface area contributed by atoms with E-state index in [1.807, 2.05) is 36.7 Å². The Bertz CT molecular complexity index is 1020. The monoisotopic (exact) mass is 405 g/mol. The van der Waals surface area contributed by atoms with Crippen LogP contribution < -0.4 is 5.56 Å². The minimum atomic E-state index is -0.656. The molecule has 0 radical (unpaired) electrons. The summed E-state index contributed by atoms with van der Waals surface area (Å²) in [6.45, 7) is 3.09. The van der Waals surface area contributed by atoms with E-state index in [4.69, 9.17) is 4.74 Å². The van der Waals surface area contributed by atoms with Gasteiger partial charge in [0.05, 0.1) is 11.7 Å². The molecule has 0 fully saturated rings. The summed E-state index contributed by atoms with van der Waals surface area (Å²) in [4.78, 5) is 44.2. The van der Waals surface area contributed by atoms with Crippen LogP contribution >= 0.6 is 22.7 Å². The Kier molecular flexibility index (Phi) is 5.71. The molecule has 7 nitrogen and oxygen atoms in total. The number of carbonyl (C=O) groups excluding carboxylic acids is 2. The normalized spacial score (nSPS) is 11.1. The number of esters is 1. The molecular formula is C18H19N3O4S2. The number of rotatable bonds is 6. The number of hydrogen-bond donors (Lipinski definition) is 0. The number of hydrogen-bond acceptors (Lipinski definition) is 7. The van der Waals surface area contributed by atoms with E-state index in [0.717, 1.165) is 10.4 Å². The maximum atomic E-state index is 12.8. The number of ether oxygens (including phenoxy) is 1. The fraction of sp³-hybridized carbons (Fsp3) is 0.333. The molecule has 0 aromatic carbocycles. The van der Waals surface area contributed by atoms with Crippen molar-refractivity contribution < 1.29 is 14.3 Å². The Labute approximate surface area is 163 Å². The largest absolute Gasteiger partial charge is 0.454 e. The minimum absolute atomic E-state index is 0.0136. The molecule has 0 aliphatic carbocycles. The van der Waals surface area contributed by atoms with E-state index in [9.17, 15) is 14.4 Å². The van der Waals surface area contributed by atoms with Crippen LogP contribution in [0.5, 0.6) is 0 Å². The smallest absolute Gasteiger partial charge is 0.326 e. The molecule has 0 saturated heterocycles. The molecule has 0 atom stereocenters. The third-order valence-electron chi connectivity index (χ3n) is 4.17. The Morgan fingerprint density at radius 1 is 1.33 bits per heavy atom. The van der Waals surface area contributed by atoms with Gasteiger partial charge in [0.1, 0.15) is 11.4 Å². The van der Waals surface area contributed by atoms with Gasteiger partial charge in [-0.3, -0.25) is 19.0 Å². The molecule has 0 saturated carbocycles. The summed E-state index contributed by atoms with van der Waals surface area (Å²) in [7, 11) is 1.64. The van der Waals surface area contributed by atoms with Gasteiger partial charge in [-0.2, -0.15) is 0 Å². The van der Waals surface area contributed by atoms with E-state index >= 15 is 0 Å². The highest BCUT2D eigenvalue weighted by Gasteiger charge is 2.17. The topological polar surface area (TPSA) is 81.5 Å². The zero-order valence-electron chi connectivity index (χ0n) is 15.2. The molecule has 27 heavy (non-hydrogen) atoms. The van der Waals surface area contributed by atoms with Crippen molar-refractivity contribution in [3.8, 4) is 10.4 Å². The van der Waals surface area contributed by atoms with Crippen molar-refractivity contribution >= 4 is 44.8 Å². The molecule has 142 valence electrons. The van der Waals surface area contributed by atoms with Crippen molar-refractivity contribution in [2.24, 2.45) is 0 Å². The van der Waals surface area contributed by atoms with Gasteiger partial charge in [-0.1, -0.05) is 6.07 Å². The first-order valence-electron chi connectivity index (χ1n) is 8.30. The lowest BCUT2D eigenvalue weighted by Crippen LogP contribution is -2.36. The van der Waals surface area contributed by atoms with Gasteiger partial charge in [0.15, 0.2) is 6.61 Å². The molecule has 3 heterocycles. The molecular weight excluding hydrogens is 386 g/mol. The molecule has 9 heteroatoms. The fourth-order valence-electron chi connectivity index (χ4n) is 2.41. The molecule has 0 aliphatic heterocycles. The Hall–Kier alpha value is -2.52. The average Bonchev–Trinajstić information content (AvgIpc) is 3.30. The van der Waals surface area contributed by atoms with Crippen molar-refractivity contribution in [2.45, 2.75) is 26.4 Å². The molecule has 0 spiro atoms. The Morgan fingerprint density at radius 3 is 2.78 bits per heavy atom. The van der Waals surface area contributed by atoms with Crippen LogP contribution in [0.1, 0.15) is 13.8 Å². The van der Waals surface area contributed by atoms with Crippen molar-refractivity contribution in [3.63, 3.8) is 0 Å². The van der Waals surface area contributed by atoms with Crippen molar-refractivity contribution in [1.29, 1.82) is 0 Å². The second kappa shape index (κ2) is 8.01. The van der Waals surface area contributed by atoms with Gasteiger partial charge in [-0.05, 0) is 25.3 Å². The number of aromatic nitrogens is 2. The predicted molar refractivity (Wildman–Crippen MR) is 106 cm³/mol. The lowest BCUT2D eigenvalue weighted by Gasteiger charge is -2.21. The molecule has 0 aliphatic rings. The van der Waals surface area contributed by atoms with Gasteiger partial charge in [0.25, 0.3) is 11.5 Å². The van der Waals surface area contributed by atoms with Crippen LogP contribution in [0.15, 0.2) is 34.0 Å². The molecule has 1 amide bonds. The van der Waals surface area contributed by atoms with Gasteiger partial charge in [0, 0.05) is 28.9 Å². The van der Waals surface area contributed by atoms with Crippen LogP contribution in [-0.4, -0.2) is 46.0 Å². The SMILES string of the molecule is CC(C)N(C)C(=O)COC(=O)Cn1cnc2scc(-c3cccs3)c2c1=O. The molecule has 3 rings (SSSR count). The fourth-order valence-corrected chi connectivity index (χ4v) is 4.13. The Balaban J connectivity index is 1.77. The first kappa shape index (κ1) is 19.2. The molecule has 3 aromatic rings. The third-order valence-corrected chi connectivity index (χ3v) is 5.96. The number of likely N-dealkylation sites (N-methyl/N-ethyl adjacent to an activating group) is 1. The first-order chi connectivity index (χ1) is 12.9. The highest BCUT2D eigenvalue weighted by Crippen LogP contribution is 2.33. The summed E-state index contributed by atoms with van der Waals surface area (Å²) in [5.41, 5.74) is 0.520. The predicted octanol–water partition coefficient (Wildman–Crippen LogP) is 2.60. The van der Waals surface area contributed by atoms with Gasteiger partial charge in [-0.25, -0.2) is 4.98 Å². The van der Waals surface area contributed by atoms with Crippen LogP contribution in [0.25, 0.3) is 20.7 Å². The van der Waals surface area contributed by atoms with Crippen molar-refractivity contribution in [2.75, 3.05) is 13.7 Å². The lowest BCUT2D eigenvalue weighted by molar-refractivity contribution is -0.152. The van der Waals surface area contributed by atoms with E-state index in [1.165, 1.54) is 38.5 Å². The lowest BCUT2D eigenvalue weighted by atomic mass is 10.2. The van der Waals surface area contributed by atoms with Gasteiger partial charge in [0.2, 0.25) is 0 Å². The van der Waals surface area contributed by atoms with Crippen LogP contribution in [0.2, 0.25) is 0 Å². The van der Waals surface area contributed by atoms with Crippen molar-refractivity contribution in [1.82, 2.24) is 14.5 Å². The highest BCUT2D eigenvalue weighted by molar-refractivity contribution is 7.18. The zero-order valence-corrected chi connectivity index (χ0v) is 16.8. The maximum Gasteiger partial charge on any atom is 0.326 e. The number of thiophene rings is 2. The van der Waals surface area contributed by atoms with Gasteiger partial charge >= 0.3 is 5.97 Å². The first-order valence-corrected chi connectivity index (χ1v) is 10.1. The molecule has 0 unspecified atom stereocenters. The van der Waals surface area contributed by atoms with E-state index in [2.05, 4.69) is 4.98 Å².